The minimum atomic E-state index is 0.832. The van der Waals surface area contributed by atoms with Crippen LogP contribution in [0.4, 0.5) is 0 Å². The van der Waals surface area contributed by atoms with E-state index in [2.05, 4.69) is 15.3 Å². The summed E-state index contributed by atoms with van der Waals surface area (Å²) in [6.45, 7) is 0. The van der Waals surface area contributed by atoms with Crippen molar-refractivity contribution in [1.29, 1.82) is 0 Å². The summed E-state index contributed by atoms with van der Waals surface area (Å²) in [7, 11) is 0. The first-order valence-corrected chi connectivity index (χ1v) is 4.04. The molecule has 62 valence electrons. The summed E-state index contributed by atoms with van der Waals surface area (Å²) < 4.78 is 1.86. The van der Waals surface area contributed by atoms with Crippen molar-refractivity contribution in [3.8, 4) is 0 Å². The van der Waals surface area contributed by atoms with Crippen LogP contribution < -0.4 is 4.52 Å². The fraction of sp³-hybridized carbons (Fsp3) is 0. The first-order chi connectivity index (χ1) is 6.45. The average molecular weight is 171 g/mol. The molecule has 13 heavy (non-hydrogen) atoms. The first kappa shape index (κ1) is 6.54. The van der Waals surface area contributed by atoms with Crippen molar-refractivity contribution in [2.75, 3.05) is 0 Å². The van der Waals surface area contributed by atoms with Crippen LogP contribution in [0.5, 0.6) is 0 Å². The van der Waals surface area contributed by atoms with Crippen LogP contribution in [-0.2, 0) is 0 Å². The van der Waals surface area contributed by atoms with E-state index in [0.717, 1.165) is 16.6 Å². The number of hydrogen-bond donors (Lipinski definition) is 1. The third-order valence-electron chi connectivity index (χ3n) is 2.08. The molecule has 0 spiro atoms. The quantitative estimate of drug-likeness (QED) is 0.506. The third kappa shape index (κ3) is 0.823. The summed E-state index contributed by atoms with van der Waals surface area (Å²) >= 11 is 0. The lowest BCUT2D eigenvalue weighted by atomic mass is 10.2. The van der Waals surface area contributed by atoms with E-state index in [1.165, 1.54) is 0 Å². The minimum Gasteiger partial charge on any atom is -0.126 e. The summed E-state index contributed by atoms with van der Waals surface area (Å²) in [4.78, 5) is 4.24. The van der Waals surface area contributed by atoms with E-state index < -0.39 is 0 Å². The highest BCUT2D eigenvalue weighted by atomic mass is 15.4. The fourth-order valence-corrected chi connectivity index (χ4v) is 1.46. The number of nitrogens with one attached hydrogen (secondary N) is 1. The maximum atomic E-state index is 4.24. The normalized spacial score (nSPS) is 11.1. The van der Waals surface area contributed by atoms with Gasteiger partial charge in [-0.15, -0.1) is 14.7 Å². The zero-order valence-electron chi connectivity index (χ0n) is 6.81. The van der Waals surface area contributed by atoms with Crippen LogP contribution in [0.2, 0.25) is 0 Å². The Morgan fingerprint density at radius 2 is 2.08 bits per heavy atom. The topological polar surface area (TPSA) is 45.7 Å². The molecule has 2 aromatic heterocycles. The Morgan fingerprint density at radius 1 is 1.15 bits per heavy atom. The summed E-state index contributed by atoms with van der Waals surface area (Å²) in [6, 6.07) is 8.04. The molecule has 0 fully saturated rings. The highest BCUT2D eigenvalue weighted by Crippen LogP contribution is 2.07. The van der Waals surface area contributed by atoms with E-state index in [1.807, 2.05) is 35.0 Å². The molecular formula is C9H7N4+. The van der Waals surface area contributed by atoms with E-state index in [4.69, 9.17) is 0 Å². The fourth-order valence-electron chi connectivity index (χ4n) is 1.46. The number of aromatic nitrogens is 4. The second kappa shape index (κ2) is 2.26. The van der Waals surface area contributed by atoms with Crippen LogP contribution in [0.15, 0.2) is 36.7 Å². The zero-order chi connectivity index (χ0) is 8.67. The van der Waals surface area contributed by atoms with Gasteiger partial charge in [0.2, 0.25) is 6.20 Å². The molecule has 0 atom stereocenters. The molecule has 0 aliphatic carbocycles. The summed E-state index contributed by atoms with van der Waals surface area (Å²) in [6.07, 6.45) is 3.55. The smallest absolute Gasteiger partial charge is 0.126 e. The Balaban J connectivity index is 2.65. The molecular weight excluding hydrogens is 164 g/mol. The van der Waals surface area contributed by atoms with Crippen LogP contribution >= 0.6 is 0 Å². The molecule has 4 nitrogen and oxygen atoms in total. The van der Waals surface area contributed by atoms with Crippen LogP contribution in [-0.4, -0.2) is 15.3 Å². The maximum absolute atomic E-state index is 4.24. The molecule has 4 heteroatoms. The lowest BCUT2D eigenvalue weighted by molar-refractivity contribution is -0.556. The lowest BCUT2D eigenvalue weighted by Gasteiger charge is -1.92. The number of H-pyrrole nitrogens is 1. The van der Waals surface area contributed by atoms with Gasteiger partial charge in [0, 0.05) is 0 Å². The molecule has 0 bridgehead atoms. The van der Waals surface area contributed by atoms with Crippen LogP contribution in [0.3, 0.4) is 0 Å². The maximum Gasteiger partial charge on any atom is 0.322 e. The van der Waals surface area contributed by atoms with Gasteiger partial charge in [0.25, 0.3) is 0 Å². The van der Waals surface area contributed by atoms with E-state index in [0.29, 0.717) is 0 Å². The van der Waals surface area contributed by atoms with Gasteiger partial charge in [0.1, 0.15) is 11.7 Å². The summed E-state index contributed by atoms with van der Waals surface area (Å²) in [5, 5.41) is 7.89. The molecule has 1 aromatic carbocycles. The van der Waals surface area contributed by atoms with Crippen molar-refractivity contribution in [2.24, 2.45) is 0 Å². The number of para-hydroxylation sites is 1. The number of benzene rings is 1. The SMILES string of the molecule is c1ccc2c(c1)cnc1cn[nH][n+]12. The number of hydrogen-bond acceptors (Lipinski definition) is 2. The van der Waals surface area contributed by atoms with E-state index >= 15 is 0 Å². The summed E-state index contributed by atoms with van der Waals surface area (Å²) in [5.74, 6) is 0. The first-order valence-electron chi connectivity index (χ1n) is 4.04. The molecule has 0 aliphatic heterocycles. The van der Waals surface area contributed by atoms with Crippen molar-refractivity contribution in [3.05, 3.63) is 36.7 Å². The number of rotatable bonds is 0. The van der Waals surface area contributed by atoms with E-state index in [-0.39, 0.29) is 0 Å². The summed E-state index contributed by atoms with van der Waals surface area (Å²) in [5.41, 5.74) is 1.92. The van der Waals surface area contributed by atoms with Gasteiger partial charge in [0.05, 0.1) is 5.39 Å². The van der Waals surface area contributed by atoms with Crippen LogP contribution in [0, 0.1) is 0 Å². The van der Waals surface area contributed by atoms with Gasteiger partial charge in [-0.05, 0) is 17.2 Å². The standard InChI is InChI=1S/C9H6N4/c1-2-4-8-7(3-1)5-10-9-6-11-12-13(8)9/h1-6H/p+1. The van der Waals surface area contributed by atoms with Gasteiger partial charge in [-0.25, -0.2) is 0 Å². The molecule has 0 saturated heterocycles. The largest absolute Gasteiger partial charge is 0.322 e. The van der Waals surface area contributed by atoms with Gasteiger partial charge in [0.15, 0.2) is 0 Å². The Hall–Kier alpha value is -1.97. The van der Waals surface area contributed by atoms with Crippen molar-refractivity contribution < 1.29 is 4.52 Å². The monoisotopic (exact) mass is 171 g/mol. The highest BCUT2D eigenvalue weighted by Gasteiger charge is 2.07. The van der Waals surface area contributed by atoms with Gasteiger partial charge >= 0.3 is 5.65 Å². The molecule has 0 amide bonds. The molecule has 2 heterocycles. The van der Waals surface area contributed by atoms with Gasteiger partial charge in [-0.2, -0.15) is 0 Å². The third-order valence-corrected chi connectivity index (χ3v) is 2.08. The van der Waals surface area contributed by atoms with Crippen molar-refractivity contribution >= 4 is 16.6 Å². The zero-order valence-corrected chi connectivity index (χ0v) is 6.81. The van der Waals surface area contributed by atoms with Gasteiger partial charge in [-0.1, -0.05) is 12.1 Å². The Kier molecular flexibility index (Phi) is 1.14. The number of fused-ring (bicyclic) bond motifs is 3. The average Bonchev–Trinajstić information content (AvgIpc) is 2.65. The Bertz CT molecular complexity index is 570. The molecule has 0 unspecified atom stereocenters. The van der Waals surface area contributed by atoms with Crippen molar-refractivity contribution in [2.45, 2.75) is 0 Å². The van der Waals surface area contributed by atoms with E-state index in [9.17, 15) is 0 Å². The van der Waals surface area contributed by atoms with Crippen molar-refractivity contribution in [1.82, 2.24) is 15.3 Å². The second-order valence-corrected chi connectivity index (χ2v) is 2.87. The van der Waals surface area contributed by atoms with Gasteiger partial charge < -0.3 is 0 Å². The predicted octanol–water partition coefficient (Wildman–Crippen LogP) is 0.697. The number of nitrogens with zero attached hydrogens (tertiary/aromatic N) is 3. The second-order valence-electron chi connectivity index (χ2n) is 2.87. The van der Waals surface area contributed by atoms with Crippen LogP contribution in [0.25, 0.3) is 16.6 Å². The van der Waals surface area contributed by atoms with Crippen molar-refractivity contribution in [3.63, 3.8) is 0 Å². The van der Waals surface area contributed by atoms with E-state index in [1.54, 1.807) is 6.20 Å². The molecule has 3 rings (SSSR count). The molecule has 3 aromatic rings. The predicted molar refractivity (Wildman–Crippen MR) is 47.0 cm³/mol. The van der Waals surface area contributed by atoms with Gasteiger partial charge in [-0.3, -0.25) is 0 Å². The molecule has 0 aliphatic rings. The molecule has 0 radical (unpaired) electrons. The lowest BCUT2D eigenvalue weighted by Crippen LogP contribution is -2.25. The Morgan fingerprint density at radius 3 is 3.08 bits per heavy atom. The minimum absolute atomic E-state index is 0.832. The molecule has 1 N–H and O–H groups in total. The number of aromatic amines is 1. The highest BCUT2D eigenvalue weighted by molar-refractivity contribution is 5.75. The molecule has 0 saturated carbocycles. The van der Waals surface area contributed by atoms with Crippen LogP contribution in [0.1, 0.15) is 0 Å². The Labute approximate surface area is 73.8 Å².